The van der Waals surface area contributed by atoms with Crippen molar-refractivity contribution < 1.29 is 4.74 Å². The maximum Gasteiger partial charge on any atom is 0.245 e. The fraction of sp³-hybridized carbons (Fsp3) is 0.438. The van der Waals surface area contributed by atoms with Crippen LogP contribution in [0.4, 0.5) is 11.6 Å². The summed E-state index contributed by atoms with van der Waals surface area (Å²) in [5.41, 5.74) is 5.03. The Balaban J connectivity index is 1.67. The summed E-state index contributed by atoms with van der Waals surface area (Å²) < 4.78 is 7.38. The summed E-state index contributed by atoms with van der Waals surface area (Å²) in [5, 5.41) is 8.60. The van der Waals surface area contributed by atoms with Crippen LogP contribution in [-0.2, 0) is 4.74 Å². The van der Waals surface area contributed by atoms with Gasteiger partial charge in [0.25, 0.3) is 0 Å². The van der Waals surface area contributed by atoms with E-state index < -0.39 is 0 Å². The number of rotatable bonds is 5. The number of ether oxygens (including phenoxy) is 1. The highest BCUT2D eigenvalue weighted by Crippen LogP contribution is 2.25. The van der Waals surface area contributed by atoms with Gasteiger partial charge < -0.3 is 9.64 Å². The third-order valence-corrected chi connectivity index (χ3v) is 3.98. The van der Waals surface area contributed by atoms with E-state index in [4.69, 9.17) is 16.3 Å². The third-order valence-electron chi connectivity index (χ3n) is 3.82. The van der Waals surface area contributed by atoms with E-state index in [2.05, 4.69) is 20.6 Å². The second-order valence-electron chi connectivity index (χ2n) is 5.83. The highest BCUT2D eigenvalue weighted by atomic mass is 35.5. The van der Waals surface area contributed by atoms with Crippen molar-refractivity contribution in [3.05, 3.63) is 35.1 Å². The molecule has 2 aromatic rings. The van der Waals surface area contributed by atoms with Crippen LogP contribution >= 0.6 is 11.6 Å². The zero-order valence-electron chi connectivity index (χ0n) is 13.8. The molecule has 1 unspecified atom stereocenters. The molecule has 0 aliphatic carbocycles. The van der Waals surface area contributed by atoms with E-state index in [1.807, 2.05) is 43.3 Å². The molecule has 3 rings (SSSR count). The van der Waals surface area contributed by atoms with Crippen molar-refractivity contribution in [2.75, 3.05) is 31.0 Å². The quantitative estimate of drug-likeness (QED) is 0.664. The second kappa shape index (κ2) is 7.63. The first-order chi connectivity index (χ1) is 11.6. The van der Waals surface area contributed by atoms with Gasteiger partial charge in [-0.2, -0.15) is 14.8 Å². The third kappa shape index (κ3) is 4.04. The molecule has 1 aliphatic heterocycles. The highest BCUT2D eigenvalue weighted by molar-refractivity contribution is 6.28. The summed E-state index contributed by atoms with van der Waals surface area (Å²) in [6.07, 6.45) is 4.65. The van der Waals surface area contributed by atoms with Gasteiger partial charge in [0, 0.05) is 26.4 Å². The molecule has 0 spiro atoms. The van der Waals surface area contributed by atoms with Crippen LogP contribution in [0.3, 0.4) is 0 Å². The number of halogens is 1. The standard InChI is InChI=1S/C16H21ClN6O/c1-22(2)13-8-6-12(7-9-13)11-18-20-16-19-15(17)21-23(16)14-5-3-4-10-24-14/h6-9,11,14H,3-5,10H2,1-2H3,(H,19,20,21)/b18-11+. The maximum absolute atomic E-state index is 5.93. The lowest BCUT2D eigenvalue weighted by atomic mass is 10.2. The van der Waals surface area contributed by atoms with Gasteiger partial charge in [0.15, 0.2) is 6.23 Å². The number of aromatic nitrogens is 3. The minimum Gasteiger partial charge on any atom is -0.378 e. The van der Waals surface area contributed by atoms with Crippen LogP contribution in [0.1, 0.15) is 31.1 Å². The van der Waals surface area contributed by atoms with Crippen molar-refractivity contribution in [3.8, 4) is 0 Å². The number of hydrogen-bond donors (Lipinski definition) is 1. The molecule has 0 bridgehead atoms. The number of anilines is 2. The summed E-state index contributed by atoms with van der Waals surface area (Å²) in [7, 11) is 4.02. The van der Waals surface area contributed by atoms with E-state index in [1.165, 1.54) is 0 Å². The molecular weight excluding hydrogens is 328 g/mol. The number of benzene rings is 1. The predicted molar refractivity (Wildman–Crippen MR) is 95.9 cm³/mol. The average Bonchev–Trinajstić information content (AvgIpc) is 2.97. The van der Waals surface area contributed by atoms with Gasteiger partial charge in [-0.25, -0.2) is 5.43 Å². The van der Waals surface area contributed by atoms with Crippen molar-refractivity contribution in [1.82, 2.24) is 14.8 Å². The van der Waals surface area contributed by atoms with E-state index in [9.17, 15) is 0 Å². The molecule has 0 amide bonds. The monoisotopic (exact) mass is 348 g/mol. The summed E-state index contributed by atoms with van der Waals surface area (Å²) in [4.78, 5) is 6.21. The lowest BCUT2D eigenvalue weighted by molar-refractivity contribution is -0.0382. The molecule has 1 atom stereocenters. The molecule has 1 N–H and O–H groups in total. The lowest BCUT2D eigenvalue weighted by Crippen LogP contribution is -2.20. The van der Waals surface area contributed by atoms with Crippen LogP contribution in [0.2, 0.25) is 5.28 Å². The lowest BCUT2D eigenvalue weighted by Gasteiger charge is -2.23. The van der Waals surface area contributed by atoms with Crippen LogP contribution in [-0.4, -0.2) is 41.7 Å². The van der Waals surface area contributed by atoms with Crippen LogP contribution in [0, 0.1) is 0 Å². The molecule has 1 aromatic heterocycles. The fourth-order valence-corrected chi connectivity index (χ4v) is 2.68. The van der Waals surface area contributed by atoms with Crippen molar-refractivity contribution in [2.24, 2.45) is 5.10 Å². The summed E-state index contributed by atoms with van der Waals surface area (Å²) in [5.74, 6) is 0.480. The van der Waals surface area contributed by atoms with Crippen molar-refractivity contribution >= 4 is 29.5 Å². The zero-order chi connectivity index (χ0) is 16.9. The van der Waals surface area contributed by atoms with E-state index in [0.717, 1.165) is 37.1 Å². The minimum absolute atomic E-state index is 0.143. The molecule has 1 aromatic carbocycles. The minimum atomic E-state index is -0.143. The molecule has 1 aliphatic rings. The van der Waals surface area contributed by atoms with Gasteiger partial charge >= 0.3 is 0 Å². The van der Waals surface area contributed by atoms with Gasteiger partial charge in [-0.05, 0) is 48.6 Å². The molecule has 24 heavy (non-hydrogen) atoms. The zero-order valence-corrected chi connectivity index (χ0v) is 14.6. The molecule has 128 valence electrons. The molecule has 0 saturated carbocycles. The topological polar surface area (TPSA) is 67.6 Å². The summed E-state index contributed by atoms with van der Waals surface area (Å²) in [6.45, 7) is 0.725. The van der Waals surface area contributed by atoms with Crippen LogP contribution in [0.5, 0.6) is 0 Å². The Kier molecular flexibility index (Phi) is 5.32. The first-order valence-electron chi connectivity index (χ1n) is 7.93. The van der Waals surface area contributed by atoms with E-state index in [0.29, 0.717) is 5.95 Å². The Hall–Kier alpha value is -2.12. The normalized spacial score (nSPS) is 18.0. The largest absolute Gasteiger partial charge is 0.378 e. The van der Waals surface area contributed by atoms with Crippen molar-refractivity contribution in [1.29, 1.82) is 0 Å². The number of nitrogens with one attached hydrogen (secondary N) is 1. The summed E-state index contributed by atoms with van der Waals surface area (Å²) in [6, 6.07) is 8.08. The Morgan fingerprint density at radius 3 is 2.79 bits per heavy atom. The maximum atomic E-state index is 5.93. The second-order valence-corrected chi connectivity index (χ2v) is 6.16. The van der Waals surface area contributed by atoms with E-state index in [1.54, 1.807) is 10.9 Å². The SMILES string of the molecule is CN(C)c1ccc(/C=N/Nc2nc(Cl)nn2C2CCCCO2)cc1. The Bertz CT molecular complexity index is 691. The van der Waals surface area contributed by atoms with Gasteiger partial charge in [-0.3, -0.25) is 0 Å². The molecule has 1 saturated heterocycles. The first kappa shape index (κ1) is 16.7. The summed E-state index contributed by atoms with van der Waals surface area (Å²) >= 11 is 5.93. The van der Waals surface area contributed by atoms with Gasteiger partial charge in [0.2, 0.25) is 11.2 Å². The molecular formula is C16H21ClN6O. The van der Waals surface area contributed by atoms with Gasteiger partial charge in [-0.15, -0.1) is 5.10 Å². The molecule has 2 heterocycles. The van der Waals surface area contributed by atoms with Crippen LogP contribution in [0.15, 0.2) is 29.4 Å². The number of hydrogen-bond acceptors (Lipinski definition) is 6. The molecule has 7 nitrogen and oxygen atoms in total. The Morgan fingerprint density at radius 1 is 1.33 bits per heavy atom. The predicted octanol–water partition coefficient (Wildman–Crippen LogP) is 3.14. The van der Waals surface area contributed by atoms with Crippen molar-refractivity contribution in [2.45, 2.75) is 25.5 Å². The number of nitrogens with zero attached hydrogens (tertiary/aromatic N) is 5. The highest BCUT2D eigenvalue weighted by Gasteiger charge is 2.21. The van der Waals surface area contributed by atoms with E-state index >= 15 is 0 Å². The average molecular weight is 349 g/mol. The Morgan fingerprint density at radius 2 is 2.12 bits per heavy atom. The molecule has 1 fully saturated rings. The smallest absolute Gasteiger partial charge is 0.245 e. The van der Waals surface area contributed by atoms with Crippen LogP contribution < -0.4 is 10.3 Å². The van der Waals surface area contributed by atoms with Gasteiger partial charge in [0.1, 0.15) is 0 Å². The Labute approximate surface area is 146 Å². The molecule has 8 heteroatoms. The van der Waals surface area contributed by atoms with Gasteiger partial charge in [0.05, 0.1) is 6.21 Å². The fourth-order valence-electron chi connectivity index (χ4n) is 2.51. The number of hydrazone groups is 1. The van der Waals surface area contributed by atoms with E-state index in [-0.39, 0.29) is 11.5 Å². The molecule has 0 radical (unpaired) electrons. The first-order valence-corrected chi connectivity index (χ1v) is 8.31. The van der Waals surface area contributed by atoms with Crippen molar-refractivity contribution in [3.63, 3.8) is 0 Å². The van der Waals surface area contributed by atoms with Crippen LogP contribution in [0.25, 0.3) is 0 Å². The van der Waals surface area contributed by atoms with Gasteiger partial charge in [-0.1, -0.05) is 12.1 Å².